The number of aromatic hydroxyl groups is 1. The maximum atomic E-state index is 13.8. The third kappa shape index (κ3) is 3.81. The van der Waals surface area contributed by atoms with Gasteiger partial charge in [0, 0.05) is 18.9 Å². The Morgan fingerprint density at radius 1 is 1.05 bits per heavy atom. The predicted molar refractivity (Wildman–Crippen MR) is 145 cm³/mol. The van der Waals surface area contributed by atoms with Crippen LogP contribution in [0.4, 0.5) is 0 Å². The quantitative estimate of drug-likeness (QED) is 0.210. The standard InChI is InChI=1S/C27H27BrCl2N2O7/c1-12-8-14(9-13(2)21(12)35)20-15-5-6-16-19(23(37)31(22(16)36)7-3-4-18(33)34)17(15)10-26(29)24(38)32(11-28)25(39)27(20,26)30/h5,8-9,16-17,19-20,35H,3-4,6-7,10-11H2,1-2H3,(H,33,34). The second-order valence-electron chi connectivity index (χ2n) is 10.8. The van der Waals surface area contributed by atoms with Crippen molar-refractivity contribution in [2.24, 2.45) is 17.8 Å². The molecule has 3 fully saturated rings. The number of imide groups is 2. The summed E-state index contributed by atoms with van der Waals surface area (Å²) in [6, 6.07) is 3.41. The lowest BCUT2D eigenvalue weighted by atomic mass is 9.56. The van der Waals surface area contributed by atoms with Gasteiger partial charge in [-0.25, -0.2) is 0 Å². The van der Waals surface area contributed by atoms with Gasteiger partial charge in [0.15, 0.2) is 9.75 Å². The molecular formula is C27H27BrCl2N2O7. The summed E-state index contributed by atoms with van der Waals surface area (Å²) in [7, 11) is 0. The van der Waals surface area contributed by atoms with E-state index >= 15 is 0 Å². The van der Waals surface area contributed by atoms with E-state index in [9.17, 15) is 29.1 Å². The first-order valence-electron chi connectivity index (χ1n) is 12.7. The molecule has 4 aliphatic rings. The average molecular weight is 642 g/mol. The average Bonchev–Trinajstić information content (AvgIpc) is 3.20. The second kappa shape index (κ2) is 9.59. The zero-order chi connectivity index (χ0) is 28.6. The smallest absolute Gasteiger partial charge is 0.303 e. The Morgan fingerprint density at radius 3 is 2.28 bits per heavy atom. The van der Waals surface area contributed by atoms with Gasteiger partial charge in [0.2, 0.25) is 11.8 Å². The fourth-order valence-electron chi connectivity index (χ4n) is 6.96. The summed E-state index contributed by atoms with van der Waals surface area (Å²) in [6.07, 6.45) is 1.90. The van der Waals surface area contributed by atoms with E-state index in [1.165, 1.54) is 0 Å². The molecule has 6 atom stereocenters. The van der Waals surface area contributed by atoms with E-state index in [-0.39, 0.29) is 49.3 Å². The van der Waals surface area contributed by atoms with Crippen LogP contribution in [0.3, 0.4) is 0 Å². The largest absolute Gasteiger partial charge is 0.507 e. The maximum Gasteiger partial charge on any atom is 0.303 e. The Labute approximate surface area is 243 Å². The summed E-state index contributed by atoms with van der Waals surface area (Å²) in [4.78, 5) is 63.6. The molecule has 2 saturated heterocycles. The number of carbonyl (C=O) groups is 5. The van der Waals surface area contributed by atoms with Crippen molar-refractivity contribution in [3.63, 3.8) is 0 Å². The SMILES string of the molecule is Cc1cc(C2C3=CCC4C(=O)N(CCCC(=O)O)C(=O)C4C3CC3(Cl)C(=O)N(CBr)C(=O)C23Cl)cc(C)c1O. The van der Waals surface area contributed by atoms with E-state index in [4.69, 9.17) is 28.3 Å². The van der Waals surface area contributed by atoms with Crippen LogP contribution in [-0.2, 0) is 24.0 Å². The molecule has 2 aliphatic heterocycles. The number of amides is 4. The monoisotopic (exact) mass is 640 g/mol. The minimum atomic E-state index is -1.91. The highest BCUT2D eigenvalue weighted by Gasteiger charge is 2.76. The molecule has 1 aromatic rings. The zero-order valence-corrected chi connectivity index (χ0v) is 24.3. The number of halogens is 3. The number of carboxylic acid groups (broad SMARTS) is 1. The number of likely N-dealkylation sites (tertiary alicyclic amines) is 2. The van der Waals surface area contributed by atoms with E-state index in [0.717, 1.165) is 9.80 Å². The van der Waals surface area contributed by atoms with Crippen molar-refractivity contribution in [2.45, 2.75) is 55.2 Å². The van der Waals surface area contributed by atoms with Gasteiger partial charge in [-0.05, 0) is 55.7 Å². The fourth-order valence-corrected chi connectivity index (χ4v) is 8.38. The molecule has 4 amide bonds. The van der Waals surface area contributed by atoms with E-state index < -0.39 is 57.1 Å². The van der Waals surface area contributed by atoms with E-state index in [0.29, 0.717) is 22.3 Å². The maximum absolute atomic E-state index is 13.8. The first kappa shape index (κ1) is 28.1. The van der Waals surface area contributed by atoms with Crippen molar-refractivity contribution in [3.05, 3.63) is 40.5 Å². The van der Waals surface area contributed by atoms with Gasteiger partial charge in [-0.3, -0.25) is 33.8 Å². The van der Waals surface area contributed by atoms with Crippen LogP contribution in [0.25, 0.3) is 0 Å². The Balaban J connectivity index is 1.65. The van der Waals surface area contributed by atoms with Crippen LogP contribution in [0, 0.1) is 31.6 Å². The van der Waals surface area contributed by atoms with Crippen LogP contribution in [-0.4, -0.2) is 71.4 Å². The Kier molecular flexibility index (Phi) is 6.91. The number of phenolic OH excluding ortho intramolecular Hbond substituents is 1. The van der Waals surface area contributed by atoms with Crippen LogP contribution in [0.2, 0.25) is 0 Å². The third-order valence-electron chi connectivity index (χ3n) is 8.73. The number of nitrogens with zero attached hydrogens (tertiary/aromatic N) is 2. The van der Waals surface area contributed by atoms with Gasteiger partial charge >= 0.3 is 5.97 Å². The lowest BCUT2D eigenvalue weighted by Gasteiger charge is -2.51. The van der Waals surface area contributed by atoms with Gasteiger partial charge < -0.3 is 10.2 Å². The third-order valence-corrected chi connectivity index (χ3v) is 10.6. The van der Waals surface area contributed by atoms with Crippen molar-refractivity contribution in [1.82, 2.24) is 9.80 Å². The first-order chi connectivity index (χ1) is 18.3. The van der Waals surface area contributed by atoms with Crippen LogP contribution >= 0.6 is 39.1 Å². The van der Waals surface area contributed by atoms with E-state index in [2.05, 4.69) is 15.9 Å². The highest BCUT2D eigenvalue weighted by molar-refractivity contribution is 9.09. The van der Waals surface area contributed by atoms with E-state index in [1.807, 2.05) is 6.08 Å². The van der Waals surface area contributed by atoms with Crippen LogP contribution < -0.4 is 0 Å². The number of carbonyl (C=O) groups excluding carboxylic acids is 4. The molecule has 1 aromatic carbocycles. The van der Waals surface area contributed by atoms with Crippen molar-refractivity contribution >= 4 is 68.7 Å². The number of fused-ring (bicyclic) bond motifs is 4. The van der Waals surface area contributed by atoms with Crippen LogP contribution in [0.1, 0.15) is 48.3 Å². The molecule has 6 unspecified atom stereocenters. The lowest BCUT2D eigenvalue weighted by Crippen LogP contribution is -2.60. The number of carboxylic acids is 1. The number of aliphatic carboxylic acids is 1. The topological polar surface area (TPSA) is 132 Å². The molecule has 0 spiro atoms. The van der Waals surface area contributed by atoms with Gasteiger partial charge in [-0.15, -0.1) is 23.2 Å². The minimum Gasteiger partial charge on any atom is -0.507 e. The Morgan fingerprint density at radius 2 is 1.69 bits per heavy atom. The summed E-state index contributed by atoms with van der Waals surface area (Å²) >= 11 is 17.6. The second-order valence-corrected chi connectivity index (χ2v) is 12.6. The number of phenols is 1. The summed E-state index contributed by atoms with van der Waals surface area (Å²) < 4.78 is 0. The number of alkyl halides is 3. The molecular weight excluding hydrogens is 615 g/mol. The normalized spacial score (nSPS) is 33.7. The summed E-state index contributed by atoms with van der Waals surface area (Å²) in [5.74, 6) is -6.11. The molecule has 0 bridgehead atoms. The molecule has 2 N–H and O–H groups in total. The van der Waals surface area contributed by atoms with Crippen molar-refractivity contribution in [3.8, 4) is 5.75 Å². The van der Waals surface area contributed by atoms with Crippen molar-refractivity contribution in [2.75, 3.05) is 12.0 Å². The molecule has 39 heavy (non-hydrogen) atoms. The Bertz CT molecular complexity index is 1340. The molecule has 2 heterocycles. The molecule has 9 nitrogen and oxygen atoms in total. The van der Waals surface area contributed by atoms with Gasteiger partial charge in [0.1, 0.15) is 5.75 Å². The van der Waals surface area contributed by atoms with Crippen molar-refractivity contribution < 1.29 is 34.2 Å². The molecule has 5 rings (SSSR count). The van der Waals surface area contributed by atoms with Crippen LogP contribution in [0.15, 0.2) is 23.8 Å². The highest BCUT2D eigenvalue weighted by Crippen LogP contribution is 2.65. The molecule has 0 radical (unpaired) electrons. The highest BCUT2D eigenvalue weighted by atomic mass is 79.9. The number of allylic oxidation sites excluding steroid dienone is 2. The van der Waals surface area contributed by atoms with Gasteiger partial charge in [-0.1, -0.05) is 39.7 Å². The predicted octanol–water partition coefficient (Wildman–Crippen LogP) is 3.59. The summed E-state index contributed by atoms with van der Waals surface area (Å²) in [5, 5.41) is 19.4. The molecule has 12 heteroatoms. The van der Waals surface area contributed by atoms with Gasteiger partial charge in [0.05, 0.1) is 17.3 Å². The molecule has 1 saturated carbocycles. The number of aryl methyl sites for hydroxylation is 2. The van der Waals surface area contributed by atoms with E-state index in [1.54, 1.807) is 26.0 Å². The van der Waals surface area contributed by atoms with Gasteiger partial charge in [0.25, 0.3) is 11.8 Å². The molecule has 0 aromatic heterocycles. The number of hydrogen-bond donors (Lipinski definition) is 2. The number of hydrogen-bond acceptors (Lipinski definition) is 6. The van der Waals surface area contributed by atoms with Crippen molar-refractivity contribution in [1.29, 1.82) is 0 Å². The number of benzene rings is 1. The fraction of sp³-hybridized carbons (Fsp3) is 0.519. The summed E-state index contributed by atoms with van der Waals surface area (Å²) in [6.45, 7) is 3.42. The summed E-state index contributed by atoms with van der Waals surface area (Å²) in [5.41, 5.74) is 2.22. The number of rotatable bonds is 6. The minimum absolute atomic E-state index is 0.0148. The lowest BCUT2D eigenvalue weighted by molar-refractivity contribution is -0.142. The van der Waals surface area contributed by atoms with Crippen LogP contribution in [0.5, 0.6) is 5.75 Å². The zero-order valence-electron chi connectivity index (χ0n) is 21.2. The molecule has 2 aliphatic carbocycles. The van der Waals surface area contributed by atoms with Gasteiger partial charge in [-0.2, -0.15) is 0 Å². The Hall–Kier alpha value is -2.43. The first-order valence-corrected chi connectivity index (χ1v) is 14.5. The molecule has 208 valence electrons.